The molecule has 1 fully saturated rings. The minimum Gasteiger partial charge on any atom is -0.491 e. The number of rotatable bonds is 9. The highest BCUT2D eigenvalue weighted by atomic mass is 35.5. The number of methoxy groups -OCH3 is 1. The van der Waals surface area contributed by atoms with Crippen molar-refractivity contribution in [3.05, 3.63) is 58.6 Å². The number of imide groups is 1. The predicted octanol–water partition coefficient (Wildman–Crippen LogP) is 4.84. The average Bonchev–Trinajstić information content (AvgIpc) is 2.81. The van der Waals surface area contributed by atoms with E-state index >= 15 is 0 Å². The normalized spacial score (nSPS) is 16.9. The van der Waals surface area contributed by atoms with Gasteiger partial charge in [-0.2, -0.15) is 0 Å². The summed E-state index contributed by atoms with van der Waals surface area (Å²) >= 11 is 6.02. The van der Waals surface area contributed by atoms with E-state index < -0.39 is 24.1 Å². The van der Waals surface area contributed by atoms with Crippen LogP contribution < -0.4 is 10.1 Å². The van der Waals surface area contributed by atoms with Crippen molar-refractivity contribution in [2.45, 2.75) is 52.9 Å². The molecule has 8 nitrogen and oxygen atoms in total. The second kappa shape index (κ2) is 11.4. The Balaban J connectivity index is 1.86. The smallest absolute Gasteiger partial charge is 0.328 e. The molecule has 1 heterocycles. The van der Waals surface area contributed by atoms with Crippen LogP contribution in [0.25, 0.3) is 0 Å². The summed E-state index contributed by atoms with van der Waals surface area (Å²) in [7, 11) is 1.28. The first-order valence-electron chi connectivity index (χ1n) is 11.6. The molecule has 0 saturated carbocycles. The zero-order valence-corrected chi connectivity index (χ0v) is 21.5. The van der Waals surface area contributed by atoms with Crippen LogP contribution in [0.3, 0.4) is 0 Å². The lowest BCUT2D eigenvalue weighted by molar-refractivity contribution is -0.146. The Labute approximate surface area is 211 Å². The van der Waals surface area contributed by atoms with Gasteiger partial charge in [-0.05, 0) is 62.2 Å². The zero-order chi connectivity index (χ0) is 25.7. The molecule has 0 spiro atoms. The summed E-state index contributed by atoms with van der Waals surface area (Å²) in [6.45, 7) is 7.72. The van der Waals surface area contributed by atoms with E-state index in [1.807, 2.05) is 51.1 Å². The maximum Gasteiger partial charge on any atom is 0.328 e. The molecule has 1 aliphatic rings. The summed E-state index contributed by atoms with van der Waals surface area (Å²) in [5.74, 6) is -0.686. The highest BCUT2D eigenvalue weighted by Gasteiger charge is 2.40. The number of benzene rings is 2. The lowest BCUT2D eigenvalue weighted by Crippen LogP contribution is -2.59. The third-order valence-corrected chi connectivity index (χ3v) is 5.97. The first kappa shape index (κ1) is 26.3. The largest absolute Gasteiger partial charge is 0.491 e. The van der Waals surface area contributed by atoms with Crippen LogP contribution in [0.5, 0.6) is 5.75 Å². The third kappa shape index (κ3) is 6.66. The number of anilines is 1. The van der Waals surface area contributed by atoms with E-state index in [-0.39, 0.29) is 31.5 Å². The third-order valence-electron chi connectivity index (χ3n) is 5.72. The Kier molecular flexibility index (Phi) is 8.62. The van der Waals surface area contributed by atoms with Gasteiger partial charge in [-0.1, -0.05) is 30.7 Å². The van der Waals surface area contributed by atoms with E-state index in [2.05, 4.69) is 5.32 Å². The van der Waals surface area contributed by atoms with Crippen LogP contribution in [0.15, 0.2) is 42.5 Å². The molecule has 1 N–H and O–H groups in total. The molecule has 0 bridgehead atoms. The fourth-order valence-corrected chi connectivity index (χ4v) is 4.05. The molecule has 0 radical (unpaired) electrons. The van der Waals surface area contributed by atoms with Gasteiger partial charge in [0.05, 0.1) is 25.6 Å². The van der Waals surface area contributed by atoms with Crippen molar-refractivity contribution in [1.82, 2.24) is 9.80 Å². The summed E-state index contributed by atoms with van der Waals surface area (Å²) in [6, 6.07) is 12.4. The average molecular weight is 502 g/mol. The Bertz CT molecular complexity index is 1070. The number of hydrogen-bond donors (Lipinski definition) is 1. The second-order valence-corrected chi connectivity index (χ2v) is 9.41. The molecule has 1 saturated heterocycles. The van der Waals surface area contributed by atoms with Crippen molar-refractivity contribution in [1.29, 1.82) is 0 Å². The lowest BCUT2D eigenvalue weighted by atomic mass is 10.1. The monoisotopic (exact) mass is 501 g/mol. The number of amides is 3. The van der Waals surface area contributed by atoms with E-state index in [9.17, 15) is 14.4 Å². The molecule has 2 aromatic carbocycles. The standard InChI is InChI=1S/C26H32ClN3O5/c1-16(2)35-22-11-10-21(12-17(22)3)28-23-13-24(31)30(14-18(4)25(32)34-5)26(33)29(23)15-19-6-8-20(27)9-7-19/h6-12,16,18,23,28H,13-15H2,1-5H3/t18-,23?/m0/s1. The van der Waals surface area contributed by atoms with Crippen LogP contribution in [-0.4, -0.2) is 53.6 Å². The van der Waals surface area contributed by atoms with Gasteiger partial charge in [-0.15, -0.1) is 0 Å². The molecule has 1 unspecified atom stereocenters. The lowest BCUT2D eigenvalue weighted by Gasteiger charge is -2.41. The van der Waals surface area contributed by atoms with Crippen LogP contribution >= 0.6 is 11.6 Å². The molecular formula is C26H32ClN3O5. The summed E-state index contributed by atoms with van der Waals surface area (Å²) in [4.78, 5) is 41.1. The molecule has 35 heavy (non-hydrogen) atoms. The summed E-state index contributed by atoms with van der Waals surface area (Å²) < 4.78 is 10.6. The van der Waals surface area contributed by atoms with Gasteiger partial charge >= 0.3 is 12.0 Å². The Hall–Kier alpha value is -3.26. The highest BCUT2D eigenvalue weighted by molar-refractivity contribution is 6.30. The molecule has 9 heteroatoms. The molecule has 3 rings (SSSR count). The second-order valence-electron chi connectivity index (χ2n) is 8.98. The van der Waals surface area contributed by atoms with Gasteiger partial charge < -0.3 is 14.8 Å². The van der Waals surface area contributed by atoms with E-state index in [0.29, 0.717) is 5.02 Å². The van der Waals surface area contributed by atoms with Crippen molar-refractivity contribution >= 4 is 35.2 Å². The number of nitrogens with zero attached hydrogens (tertiary/aromatic N) is 2. The first-order valence-corrected chi connectivity index (χ1v) is 11.9. The topological polar surface area (TPSA) is 88.2 Å². The van der Waals surface area contributed by atoms with Gasteiger partial charge in [0.1, 0.15) is 11.9 Å². The minimum atomic E-state index is -0.633. The number of nitrogens with one attached hydrogen (secondary N) is 1. The van der Waals surface area contributed by atoms with Crippen LogP contribution in [0.4, 0.5) is 10.5 Å². The Morgan fingerprint density at radius 3 is 2.43 bits per heavy atom. The number of halogens is 1. The minimum absolute atomic E-state index is 0.0471. The molecule has 2 atom stereocenters. The number of hydrogen-bond acceptors (Lipinski definition) is 6. The summed E-state index contributed by atoms with van der Waals surface area (Å²) in [5.41, 5.74) is 2.57. The van der Waals surface area contributed by atoms with Gasteiger partial charge in [0.15, 0.2) is 0 Å². The molecule has 2 aromatic rings. The molecule has 188 valence electrons. The van der Waals surface area contributed by atoms with Gasteiger partial charge in [0.2, 0.25) is 5.91 Å². The SMILES string of the molecule is COC(=O)[C@@H](C)CN1C(=O)CC(Nc2ccc(OC(C)C)c(C)c2)N(Cc2ccc(Cl)cc2)C1=O. The van der Waals surface area contributed by atoms with Crippen LogP contribution in [-0.2, 0) is 20.9 Å². The molecule has 0 aliphatic carbocycles. The first-order chi connectivity index (χ1) is 16.6. The van der Waals surface area contributed by atoms with E-state index in [4.69, 9.17) is 21.1 Å². The molecular weight excluding hydrogens is 470 g/mol. The van der Waals surface area contributed by atoms with Crippen LogP contribution in [0.2, 0.25) is 5.02 Å². The zero-order valence-electron chi connectivity index (χ0n) is 20.7. The van der Waals surface area contributed by atoms with E-state index in [1.165, 1.54) is 7.11 Å². The predicted molar refractivity (Wildman–Crippen MR) is 134 cm³/mol. The number of ether oxygens (including phenoxy) is 2. The van der Waals surface area contributed by atoms with Gasteiger partial charge in [0.25, 0.3) is 0 Å². The van der Waals surface area contributed by atoms with E-state index in [1.54, 1.807) is 24.0 Å². The van der Waals surface area contributed by atoms with Crippen molar-refractivity contribution in [2.24, 2.45) is 5.92 Å². The fourth-order valence-electron chi connectivity index (χ4n) is 3.92. The number of esters is 1. The quantitative estimate of drug-likeness (QED) is 0.495. The Morgan fingerprint density at radius 1 is 1.14 bits per heavy atom. The van der Waals surface area contributed by atoms with Gasteiger partial charge in [0, 0.05) is 23.8 Å². The number of urea groups is 1. The summed E-state index contributed by atoms with van der Waals surface area (Å²) in [6.07, 6.45) is -0.475. The summed E-state index contributed by atoms with van der Waals surface area (Å²) in [5, 5.41) is 3.93. The Morgan fingerprint density at radius 2 is 1.83 bits per heavy atom. The van der Waals surface area contributed by atoms with E-state index in [0.717, 1.165) is 27.5 Å². The van der Waals surface area contributed by atoms with Crippen molar-refractivity contribution in [2.75, 3.05) is 19.0 Å². The molecule has 1 aliphatic heterocycles. The maximum atomic E-state index is 13.5. The number of carbonyl (C=O) groups is 3. The van der Waals surface area contributed by atoms with Crippen LogP contribution in [0, 0.1) is 12.8 Å². The maximum absolute atomic E-state index is 13.5. The van der Waals surface area contributed by atoms with Gasteiger partial charge in [-0.25, -0.2) is 4.79 Å². The number of aryl methyl sites for hydroxylation is 1. The van der Waals surface area contributed by atoms with Crippen molar-refractivity contribution < 1.29 is 23.9 Å². The van der Waals surface area contributed by atoms with Gasteiger partial charge in [-0.3, -0.25) is 19.4 Å². The van der Waals surface area contributed by atoms with Crippen LogP contribution in [0.1, 0.15) is 38.3 Å². The van der Waals surface area contributed by atoms with Crippen molar-refractivity contribution in [3.8, 4) is 5.75 Å². The fraction of sp³-hybridized carbons (Fsp3) is 0.423. The highest BCUT2D eigenvalue weighted by Crippen LogP contribution is 2.27. The number of carbonyl (C=O) groups excluding carboxylic acids is 3. The van der Waals surface area contributed by atoms with Crippen molar-refractivity contribution in [3.63, 3.8) is 0 Å². The molecule has 0 aromatic heterocycles. The molecule has 3 amide bonds.